The van der Waals surface area contributed by atoms with E-state index < -0.39 is 0 Å². The van der Waals surface area contributed by atoms with Crippen molar-refractivity contribution >= 4 is 17.2 Å². The minimum Gasteiger partial charge on any atom is -0.219 e. The van der Waals surface area contributed by atoms with Crippen LogP contribution in [0.5, 0.6) is 0 Å². The van der Waals surface area contributed by atoms with E-state index in [4.69, 9.17) is 11.6 Å². The lowest BCUT2D eigenvalue weighted by Gasteiger charge is -1.89. The van der Waals surface area contributed by atoms with Crippen LogP contribution < -0.4 is 0 Å². The second-order valence-corrected chi connectivity index (χ2v) is 3.36. The Bertz CT molecular complexity index is 422. The zero-order valence-electron chi connectivity index (χ0n) is 7.37. The van der Waals surface area contributed by atoms with Crippen LogP contribution in [0.3, 0.4) is 0 Å². The van der Waals surface area contributed by atoms with Crippen molar-refractivity contribution in [3.63, 3.8) is 0 Å². The molecule has 13 heavy (non-hydrogen) atoms. The molecular formula is C9H10ClN3. The second kappa shape index (κ2) is 3.34. The molecule has 0 N–H and O–H groups in total. The number of pyridine rings is 1. The monoisotopic (exact) mass is 195 g/mol. The summed E-state index contributed by atoms with van der Waals surface area (Å²) in [6.07, 6.45) is 3.74. The maximum atomic E-state index is 5.82. The summed E-state index contributed by atoms with van der Waals surface area (Å²) < 4.78 is 1.72. The van der Waals surface area contributed by atoms with Gasteiger partial charge in [0, 0.05) is 12.6 Å². The first-order chi connectivity index (χ1) is 6.29. The molecule has 0 atom stereocenters. The highest BCUT2D eigenvalue weighted by Crippen LogP contribution is 2.09. The van der Waals surface area contributed by atoms with Crippen molar-refractivity contribution < 1.29 is 0 Å². The third kappa shape index (κ3) is 1.65. The van der Waals surface area contributed by atoms with Crippen LogP contribution in [0.2, 0.25) is 5.02 Å². The fraction of sp³-hybridized carbons (Fsp3) is 0.333. The van der Waals surface area contributed by atoms with Crippen molar-refractivity contribution in [1.82, 2.24) is 14.6 Å². The number of fused-ring (bicyclic) bond motifs is 1. The summed E-state index contributed by atoms with van der Waals surface area (Å²) in [5.74, 6) is 0.879. The van der Waals surface area contributed by atoms with Crippen LogP contribution in [-0.2, 0) is 6.42 Å². The van der Waals surface area contributed by atoms with Gasteiger partial charge in [-0.25, -0.2) is 9.50 Å². The van der Waals surface area contributed by atoms with Gasteiger partial charge in [0.25, 0.3) is 0 Å². The number of hydrogen-bond donors (Lipinski definition) is 0. The maximum Gasteiger partial charge on any atom is 0.155 e. The molecule has 0 saturated carbocycles. The van der Waals surface area contributed by atoms with Gasteiger partial charge >= 0.3 is 0 Å². The van der Waals surface area contributed by atoms with Gasteiger partial charge in [-0.2, -0.15) is 5.10 Å². The van der Waals surface area contributed by atoms with Crippen molar-refractivity contribution in [2.45, 2.75) is 19.8 Å². The van der Waals surface area contributed by atoms with E-state index in [-0.39, 0.29) is 0 Å². The third-order valence-electron chi connectivity index (χ3n) is 1.81. The maximum absolute atomic E-state index is 5.82. The van der Waals surface area contributed by atoms with Crippen molar-refractivity contribution in [3.05, 3.63) is 29.2 Å². The molecule has 0 spiro atoms. The molecule has 0 fully saturated rings. The number of halogens is 1. The van der Waals surface area contributed by atoms with Gasteiger partial charge in [-0.05, 0) is 18.6 Å². The van der Waals surface area contributed by atoms with E-state index in [1.54, 1.807) is 10.7 Å². The van der Waals surface area contributed by atoms with E-state index in [0.717, 1.165) is 24.3 Å². The zero-order valence-corrected chi connectivity index (χ0v) is 8.12. The molecule has 3 nitrogen and oxygen atoms in total. The number of aromatic nitrogens is 3. The molecule has 0 saturated heterocycles. The van der Waals surface area contributed by atoms with Crippen molar-refractivity contribution in [3.8, 4) is 0 Å². The first-order valence-electron chi connectivity index (χ1n) is 4.30. The minimum atomic E-state index is 0.681. The van der Waals surface area contributed by atoms with Crippen LogP contribution in [0.4, 0.5) is 0 Å². The molecule has 0 aliphatic carbocycles. The first kappa shape index (κ1) is 8.51. The molecule has 0 aliphatic rings. The normalized spacial score (nSPS) is 10.9. The van der Waals surface area contributed by atoms with Crippen LogP contribution in [0.25, 0.3) is 5.65 Å². The molecule has 2 aromatic rings. The summed E-state index contributed by atoms with van der Waals surface area (Å²) in [5.41, 5.74) is 0.854. The molecule has 0 radical (unpaired) electrons. The SMILES string of the molecule is CCCc1nc2ccc(Cl)cn2n1. The number of hydrogen-bond acceptors (Lipinski definition) is 2. The fourth-order valence-corrected chi connectivity index (χ4v) is 1.39. The minimum absolute atomic E-state index is 0.681. The summed E-state index contributed by atoms with van der Waals surface area (Å²) in [6, 6.07) is 3.69. The van der Waals surface area contributed by atoms with Gasteiger partial charge in [0.05, 0.1) is 5.02 Å². The Morgan fingerprint density at radius 1 is 1.46 bits per heavy atom. The van der Waals surface area contributed by atoms with Gasteiger partial charge in [0.2, 0.25) is 0 Å². The molecule has 0 aromatic carbocycles. The molecular weight excluding hydrogens is 186 g/mol. The second-order valence-electron chi connectivity index (χ2n) is 2.93. The highest BCUT2D eigenvalue weighted by Gasteiger charge is 2.01. The topological polar surface area (TPSA) is 30.2 Å². The number of aryl methyl sites for hydroxylation is 1. The molecule has 0 amide bonds. The van der Waals surface area contributed by atoms with E-state index in [2.05, 4.69) is 17.0 Å². The van der Waals surface area contributed by atoms with Crippen LogP contribution in [-0.4, -0.2) is 14.6 Å². The number of rotatable bonds is 2. The predicted octanol–water partition coefficient (Wildman–Crippen LogP) is 2.34. The lowest BCUT2D eigenvalue weighted by molar-refractivity contribution is 0.819. The summed E-state index contributed by atoms with van der Waals surface area (Å²) in [6.45, 7) is 2.11. The van der Waals surface area contributed by atoms with E-state index in [1.807, 2.05) is 12.1 Å². The van der Waals surface area contributed by atoms with Crippen molar-refractivity contribution in [1.29, 1.82) is 0 Å². The van der Waals surface area contributed by atoms with Gasteiger partial charge in [0.15, 0.2) is 11.5 Å². The van der Waals surface area contributed by atoms with E-state index in [1.165, 1.54) is 0 Å². The first-order valence-corrected chi connectivity index (χ1v) is 4.68. The highest BCUT2D eigenvalue weighted by molar-refractivity contribution is 6.30. The Morgan fingerprint density at radius 3 is 3.08 bits per heavy atom. The average molecular weight is 196 g/mol. The summed E-state index contributed by atoms with van der Waals surface area (Å²) in [4.78, 5) is 4.34. The van der Waals surface area contributed by atoms with Crippen molar-refractivity contribution in [2.75, 3.05) is 0 Å². The molecule has 68 valence electrons. The highest BCUT2D eigenvalue weighted by atomic mass is 35.5. The molecule has 2 aromatic heterocycles. The van der Waals surface area contributed by atoms with E-state index in [9.17, 15) is 0 Å². The summed E-state index contributed by atoms with van der Waals surface area (Å²) in [5, 5.41) is 4.97. The fourth-order valence-electron chi connectivity index (χ4n) is 1.23. The van der Waals surface area contributed by atoms with Crippen LogP contribution in [0.15, 0.2) is 18.3 Å². The Hall–Kier alpha value is -1.09. The molecule has 0 unspecified atom stereocenters. The largest absolute Gasteiger partial charge is 0.219 e. The average Bonchev–Trinajstić information content (AvgIpc) is 2.46. The Labute approximate surface area is 81.4 Å². The Kier molecular flexibility index (Phi) is 2.19. The van der Waals surface area contributed by atoms with Gasteiger partial charge in [-0.15, -0.1) is 0 Å². The smallest absolute Gasteiger partial charge is 0.155 e. The third-order valence-corrected chi connectivity index (χ3v) is 2.04. The standard InChI is InChI=1S/C9H10ClN3/c1-2-3-8-11-9-5-4-7(10)6-13(9)12-8/h4-6H,2-3H2,1H3. The molecule has 4 heteroatoms. The molecule has 2 rings (SSSR count). The summed E-state index contributed by atoms with van der Waals surface area (Å²) in [7, 11) is 0. The number of nitrogens with zero attached hydrogens (tertiary/aromatic N) is 3. The Morgan fingerprint density at radius 2 is 2.31 bits per heavy atom. The van der Waals surface area contributed by atoms with Gasteiger partial charge < -0.3 is 0 Å². The van der Waals surface area contributed by atoms with E-state index >= 15 is 0 Å². The van der Waals surface area contributed by atoms with Crippen LogP contribution in [0, 0.1) is 0 Å². The predicted molar refractivity (Wildman–Crippen MR) is 52.0 cm³/mol. The lowest BCUT2D eigenvalue weighted by Crippen LogP contribution is -1.88. The van der Waals surface area contributed by atoms with E-state index in [0.29, 0.717) is 5.02 Å². The Balaban J connectivity index is 2.49. The quantitative estimate of drug-likeness (QED) is 0.737. The zero-order chi connectivity index (χ0) is 9.26. The van der Waals surface area contributed by atoms with Gasteiger partial charge in [-0.1, -0.05) is 18.5 Å². The van der Waals surface area contributed by atoms with Crippen molar-refractivity contribution in [2.24, 2.45) is 0 Å². The summed E-state index contributed by atoms with van der Waals surface area (Å²) >= 11 is 5.82. The van der Waals surface area contributed by atoms with Crippen LogP contribution >= 0.6 is 11.6 Å². The molecule has 0 aliphatic heterocycles. The lowest BCUT2D eigenvalue weighted by atomic mass is 10.3. The van der Waals surface area contributed by atoms with Gasteiger partial charge in [-0.3, -0.25) is 0 Å². The van der Waals surface area contributed by atoms with Crippen LogP contribution in [0.1, 0.15) is 19.2 Å². The molecule has 0 bridgehead atoms. The molecule has 2 heterocycles. The van der Waals surface area contributed by atoms with Gasteiger partial charge in [0.1, 0.15) is 0 Å².